The van der Waals surface area contributed by atoms with E-state index in [0.29, 0.717) is 35.7 Å². The Bertz CT molecular complexity index is 905. The summed E-state index contributed by atoms with van der Waals surface area (Å²) in [5.41, 5.74) is 1.02. The van der Waals surface area contributed by atoms with E-state index < -0.39 is 17.7 Å². The van der Waals surface area contributed by atoms with E-state index in [1.165, 1.54) is 17.0 Å². The number of rotatable bonds is 6. The number of Topliss-reactive ketones (excluding diaryl/α,β-unsaturated/α-hetero) is 1. The molecule has 6 nitrogen and oxygen atoms in total. The number of ketones is 1. The van der Waals surface area contributed by atoms with Gasteiger partial charge in [-0.1, -0.05) is 23.7 Å². The number of ether oxygens (including phenoxy) is 1. The van der Waals surface area contributed by atoms with Gasteiger partial charge in [-0.25, -0.2) is 0 Å². The lowest BCUT2D eigenvalue weighted by Gasteiger charge is -2.25. The normalized spacial score (nSPS) is 18.6. The second kappa shape index (κ2) is 8.46. The summed E-state index contributed by atoms with van der Waals surface area (Å²) in [6.45, 7) is 0.726. The van der Waals surface area contributed by atoms with E-state index in [2.05, 4.69) is 0 Å². The van der Waals surface area contributed by atoms with Crippen LogP contribution in [0.3, 0.4) is 0 Å². The SMILES string of the molecule is COCCCN1C(=O)C(=O)/C(=C(/O)c2ccc(Cl)cc2)C1c1ccc(O)cc1. The van der Waals surface area contributed by atoms with Crippen molar-refractivity contribution >= 4 is 29.1 Å². The first-order chi connectivity index (χ1) is 13.4. The van der Waals surface area contributed by atoms with Crippen molar-refractivity contribution in [2.24, 2.45) is 0 Å². The van der Waals surface area contributed by atoms with Gasteiger partial charge in [0.15, 0.2) is 0 Å². The largest absolute Gasteiger partial charge is 0.508 e. The van der Waals surface area contributed by atoms with Crippen molar-refractivity contribution in [3.05, 3.63) is 70.3 Å². The zero-order valence-corrected chi connectivity index (χ0v) is 16.0. The summed E-state index contributed by atoms with van der Waals surface area (Å²) in [5, 5.41) is 20.9. The zero-order chi connectivity index (χ0) is 20.3. The van der Waals surface area contributed by atoms with Crippen molar-refractivity contribution in [3.63, 3.8) is 0 Å². The number of aliphatic hydroxyl groups is 1. The first kappa shape index (κ1) is 19.9. The van der Waals surface area contributed by atoms with Crippen LogP contribution in [0.15, 0.2) is 54.1 Å². The lowest BCUT2D eigenvalue weighted by molar-refractivity contribution is -0.140. The lowest BCUT2D eigenvalue weighted by atomic mass is 9.95. The fourth-order valence-electron chi connectivity index (χ4n) is 3.26. The summed E-state index contributed by atoms with van der Waals surface area (Å²) in [6.07, 6.45) is 0.541. The van der Waals surface area contributed by atoms with Gasteiger partial charge in [-0.2, -0.15) is 0 Å². The summed E-state index contributed by atoms with van der Waals surface area (Å²) in [4.78, 5) is 26.9. The van der Waals surface area contributed by atoms with E-state index in [9.17, 15) is 19.8 Å². The first-order valence-electron chi connectivity index (χ1n) is 8.76. The fraction of sp³-hybridized carbons (Fsp3) is 0.238. The summed E-state index contributed by atoms with van der Waals surface area (Å²) >= 11 is 5.90. The second-order valence-electron chi connectivity index (χ2n) is 6.44. The summed E-state index contributed by atoms with van der Waals surface area (Å²) in [7, 11) is 1.56. The van der Waals surface area contributed by atoms with Crippen LogP contribution in [-0.4, -0.2) is 47.1 Å². The van der Waals surface area contributed by atoms with E-state index in [0.717, 1.165) is 0 Å². The number of aliphatic hydroxyl groups excluding tert-OH is 1. The molecule has 2 aromatic rings. The van der Waals surface area contributed by atoms with Gasteiger partial charge in [0, 0.05) is 30.8 Å². The highest BCUT2D eigenvalue weighted by atomic mass is 35.5. The van der Waals surface area contributed by atoms with Crippen molar-refractivity contribution in [1.82, 2.24) is 4.90 Å². The second-order valence-corrected chi connectivity index (χ2v) is 6.87. The molecule has 1 amide bonds. The predicted molar refractivity (Wildman–Crippen MR) is 105 cm³/mol. The number of carbonyl (C=O) groups is 2. The molecule has 0 bridgehead atoms. The maximum absolute atomic E-state index is 12.8. The third kappa shape index (κ3) is 3.88. The third-order valence-electron chi connectivity index (χ3n) is 4.61. The highest BCUT2D eigenvalue weighted by Gasteiger charge is 2.45. The smallest absolute Gasteiger partial charge is 0.295 e. The maximum atomic E-state index is 12.8. The topological polar surface area (TPSA) is 87.1 Å². The number of benzene rings is 2. The van der Waals surface area contributed by atoms with Gasteiger partial charge in [0.2, 0.25) is 0 Å². The average Bonchev–Trinajstić information content (AvgIpc) is 2.94. The highest BCUT2D eigenvalue weighted by molar-refractivity contribution is 6.46. The minimum absolute atomic E-state index is 0.00966. The van der Waals surface area contributed by atoms with E-state index in [1.807, 2.05) is 0 Å². The molecule has 1 aliphatic rings. The van der Waals surface area contributed by atoms with Gasteiger partial charge < -0.3 is 19.8 Å². The minimum atomic E-state index is -0.756. The van der Waals surface area contributed by atoms with Crippen LogP contribution in [0.5, 0.6) is 5.75 Å². The van der Waals surface area contributed by atoms with Gasteiger partial charge >= 0.3 is 0 Å². The maximum Gasteiger partial charge on any atom is 0.295 e. The Morgan fingerprint density at radius 3 is 2.36 bits per heavy atom. The number of likely N-dealkylation sites (tertiary alicyclic amines) is 1. The Morgan fingerprint density at radius 2 is 1.75 bits per heavy atom. The molecule has 0 saturated carbocycles. The zero-order valence-electron chi connectivity index (χ0n) is 15.3. The molecular formula is C21H20ClNO5. The molecule has 0 aromatic heterocycles. The predicted octanol–water partition coefficient (Wildman–Crippen LogP) is 3.50. The van der Waals surface area contributed by atoms with Gasteiger partial charge in [-0.3, -0.25) is 9.59 Å². The van der Waals surface area contributed by atoms with Gasteiger partial charge in [-0.15, -0.1) is 0 Å². The summed E-state index contributed by atoms with van der Waals surface area (Å²) in [6, 6.07) is 11.8. The molecule has 1 fully saturated rings. The molecule has 0 aliphatic carbocycles. The van der Waals surface area contributed by atoms with E-state index >= 15 is 0 Å². The number of halogens is 1. The highest BCUT2D eigenvalue weighted by Crippen LogP contribution is 2.39. The number of hydrogen-bond acceptors (Lipinski definition) is 5. The van der Waals surface area contributed by atoms with Crippen molar-refractivity contribution < 1.29 is 24.5 Å². The molecule has 1 heterocycles. The molecule has 1 saturated heterocycles. The Balaban J connectivity index is 2.10. The van der Waals surface area contributed by atoms with Crippen LogP contribution in [0.2, 0.25) is 5.02 Å². The molecule has 1 aliphatic heterocycles. The number of nitrogens with zero attached hydrogens (tertiary/aromatic N) is 1. The molecular weight excluding hydrogens is 382 g/mol. The van der Waals surface area contributed by atoms with E-state index in [1.54, 1.807) is 43.5 Å². The first-order valence-corrected chi connectivity index (χ1v) is 9.14. The van der Waals surface area contributed by atoms with Gasteiger partial charge in [0.05, 0.1) is 11.6 Å². The average molecular weight is 402 g/mol. The van der Waals surface area contributed by atoms with Crippen molar-refractivity contribution in [3.8, 4) is 5.75 Å². The van der Waals surface area contributed by atoms with Gasteiger partial charge in [0.1, 0.15) is 11.5 Å². The van der Waals surface area contributed by atoms with E-state index in [4.69, 9.17) is 16.3 Å². The molecule has 1 unspecified atom stereocenters. The molecule has 3 rings (SSSR count). The molecule has 146 valence electrons. The van der Waals surface area contributed by atoms with Crippen LogP contribution in [0.1, 0.15) is 23.6 Å². The van der Waals surface area contributed by atoms with Crippen molar-refractivity contribution in [1.29, 1.82) is 0 Å². The number of methoxy groups -OCH3 is 1. The Labute approximate surface area is 167 Å². The fourth-order valence-corrected chi connectivity index (χ4v) is 3.38. The van der Waals surface area contributed by atoms with Crippen LogP contribution >= 0.6 is 11.6 Å². The van der Waals surface area contributed by atoms with Gasteiger partial charge in [-0.05, 0) is 48.4 Å². The Morgan fingerprint density at radius 1 is 1.11 bits per heavy atom. The molecule has 0 spiro atoms. The number of amides is 1. The van der Waals surface area contributed by atoms with Crippen LogP contribution in [0.25, 0.3) is 5.76 Å². The molecule has 0 radical (unpaired) electrons. The molecule has 1 atom stereocenters. The molecule has 2 N–H and O–H groups in total. The van der Waals surface area contributed by atoms with Crippen molar-refractivity contribution in [2.45, 2.75) is 12.5 Å². The lowest BCUT2D eigenvalue weighted by Crippen LogP contribution is -2.31. The molecule has 7 heteroatoms. The third-order valence-corrected chi connectivity index (χ3v) is 4.87. The van der Waals surface area contributed by atoms with Crippen molar-refractivity contribution in [2.75, 3.05) is 20.3 Å². The number of phenols is 1. The van der Waals surface area contributed by atoms with Crippen LogP contribution < -0.4 is 0 Å². The standard InChI is InChI=1S/C21H20ClNO5/c1-28-12-2-11-23-18(13-5-9-16(24)10-6-13)17(20(26)21(23)27)19(25)14-3-7-15(22)8-4-14/h3-10,18,24-25H,2,11-12H2,1H3/b19-17+. The number of phenolic OH excluding ortho intramolecular Hbond substituents is 1. The quantitative estimate of drug-likeness (QED) is 0.335. The van der Waals surface area contributed by atoms with Crippen LogP contribution in [-0.2, 0) is 14.3 Å². The van der Waals surface area contributed by atoms with Crippen LogP contribution in [0, 0.1) is 0 Å². The Hall–Kier alpha value is -2.83. The number of aromatic hydroxyl groups is 1. The minimum Gasteiger partial charge on any atom is -0.508 e. The molecule has 28 heavy (non-hydrogen) atoms. The van der Waals surface area contributed by atoms with Crippen LogP contribution in [0.4, 0.5) is 0 Å². The van der Waals surface area contributed by atoms with Gasteiger partial charge in [0.25, 0.3) is 11.7 Å². The summed E-state index contributed by atoms with van der Waals surface area (Å²) < 4.78 is 5.05. The summed E-state index contributed by atoms with van der Waals surface area (Å²) in [5.74, 6) is -1.62. The number of carbonyl (C=O) groups excluding carboxylic acids is 2. The molecule has 2 aromatic carbocycles. The number of hydrogen-bond donors (Lipinski definition) is 2. The monoisotopic (exact) mass is 401 g/mol. The Kier molecular flexibility index (Phi) is 6.02. The van der Waals surface area contributed by atoms with E-state index in [-0.39, 0.29) is 17.1 Å².